The van der Waals surface area contributed by atoms with E-state index in [2.05, 4.69) is 4.98 Å². The molecule has 0 saturated heterocycles. The van der Waals surface area contributed by atoms with E-state index in [1.165, 1.54) is 12.1 Å². The molecule has 2 heterocycles. The van der Waals surface area contributed by atoms with E-state index >= 15 is 0 Å². The molecule has 0 fully saturated rings. The standard InChI is InChI=1S/C21H16FN3O2/c22-17-5-1-14(2-6-17)19-13-20(15-9-11-23-12-10-15)25(24-19)18-7-3-16(4-8-18)21(26)27/h1-12,20H,13H2,(H,26,27). The average molecular weight is 361 g/mol. The maximum atomic E-state index is 13.3. The number of carboxylic acids is 1. The van der Waals surface area contributed by atoms with Crippen LogP contribution in [-0.2, 0) is 0 Å². The lowest BCUT2D eigenvalue weighted by atomic mass is 9.99. The highest BCUT2D eigenvalue weighted by atomic mass is 19.1. The summed E-state index contributed by atoms with van der Waals surface area (Å²) in [5.74, 6) is -1.26. The molecule has 0 radical (unpaired) electrons. The number of rotatable bonds is 4. The summed E-state index contributed by atoms with van der Waals surface area (Å²) in [5.41, 5.74) is 3.77. The Labute approximate surface area is 155 Å². The topological polar surface area (TPSA) is 65.8 Å². The van der Waals surface area contributed by atoms with Crippen LogP contribution >= 0.6 is 0 Å². The summed E-state index contributed by atoms with van der Waals surface area (Å²) in [4.78, 5) is 15.2. The van der Waals surface area contributed by atoms with Gasteiger partial charge in [0.25, 0.3) is 0 Å². The summed E-state index contributed by atoms with van der Waals surface area (Å²) in [5, 5.41) is 15.7. The molecule has 1 atom stereocenters. The summed E-state index contributed by atoms with van der Waals surface area (Å²) in [6.07, 6.45) is 4.12. The molecule has 2 aromatic carbocycles. The first-order chi connectivity index (χ1) is 13.1. The van der Waals surface area contributed by atoms with Crippen LogP contribution in [0, 0.1) is 5.82 Å². The fraction of sp³-hybridized carbons (Fsp3) is 0.0952. The lowest BCUT2D eigenvalue weighted by Gasteiger charge is -2.24. The zero-order valence-corrected chi connectivity index (χ0v) is 14.3. The Kier molecular flexibility index (Phi) is 4.38. The lowest BCUT2D eigenvalue weighted by molar-refractivity contribution is 0.0697. The highest BCUT2D eigenvalue weighted by molar-refractivity contribution is 6.03. The van der Waals surface area contributed by atoms with Crippen molar-refractivity contribution in [3.05, 3.63) is 95.6 Å². The third-order valence-corrected chi connectivity index (χ3v) is 4.56. The number of pyridine rings is 1. The van der Waals surface area contributed by atoms with Crippen molar-refractivity contribution < 1.29 is 14.3 Å². The van der Waals surface area contributed by atoms with Gasteiger partial charge in [0.15, 0.2) is 0 Å². The Hall–Kier alpha value is -3.54. The number of nitrogens with zero attached hydrogens (tertiary/aromatic N) is 3. The minimum Gasteiger partial charge on any atom is -0.478 e. The van der Waals surface area contributed by atoms with Crippen molar-refractivity contribution in [3.63, 3.8) is 0 Å². The molecule has 5 nitrogen and oxygen atoms in total. The first kappa shape index (κ1) is 16.9. The van der Waals surface area contributed by atoms with Crippen LogP contribution in [0.25, 0.3) is 0 Å². The predicted molar refractivity (Wildman–Crippen MR) is 100 cm³/mol. The number of anilines is 1. The largest absolute Gasteiger partial charge is 0.478 e. The number of aromatic nitrogens is 1. The second-order valence-electron chi connectivity index (χ2n) is 6.25. The van der Waals surface area contributed by atoms with Gasteiger partial charge >= 0.3 is 5.97 Å². The van der Waals surface area contributed by atoms with Gasteiger partial charge in [-0.15, -0.1) is 0 Å². The van der Waals surface area contributed by atoms with Gasteiger partial charge in [0.05, 0.1) is 23.0 Å². The molecule has 1 unspecified atom stereocenters. The molecule has 0 spiro atoms. The molecule has 0 aliphatic carbocycles. The molecule has 27 heavy (non-hydrogen) atoms. The van der Waals surface area contributed by atoms with Gasteiger partial charge in [0.1, 0.15) is 5.82 Å². The highest BCUT2D eigenvalue weighted by Crippen LogP contribution is 2.36. The number of hydrogen-bond acceptors (Lipinski definition) is 4. The highest BCUT2D eigenvalue weighted by Gasteiger charge is 2.30. The SMILES string of the molecule is O=C(O)c1ccc(N2N=C(c3ccc(F)cc3)CC2c2ccncc2)cc1. The van der Waals surface area contributed by atoms with Gasteiger partial charge in [0.2, 0.25) is 0 Å². The van der Waals surface area contributed by atoms with E-state index in [1.807, 2.05) is 17.1 Å². The molecule has 1 N–H and O–H groups in total. The maximum absolute atomic E-state index is 13.3. The molecule has 0 amide bonds. The maximum Gasteiger partial charge on any atom is 0.335 e. The molecule has 6 heteroatoms. The van der Waals surface area contributed by atoms with E-state index in [0.29, 0.717) is 6.42 Å². The van der Waals surface area contributed by atoms with Crippen LogP contribution in [0.2, 0.25) is 0 Å². The zero-order valence-electron chi connectivity index (χ0n) is 14.3. The van der Waals surface area contributed by atoms with Gasteiger partial charge < -0.3 is 5.11 Å². The normalized spacial score (nSPS) is 16.3. The van der Waals surface area contributed by atoms with E-state index in [0.717, 1.165) is 22.5 Å². The second-order valence-corrected chi connectivity index (χ2v) is 6.25. The van der Waals surface area contributed by atoms with E-state index in [-0.39, 0.29) is 17.4 Å². The zero-order chi connectivity index (χ0) is 18.8. The van der Waals surface area contributed by atoms with Crippen LogP contribution in [-0.4, -0.2) is 21.8 Å². The van der Waals surface area contributed by atoms with Crippen molar-refractivity contribution in [1.29, 1.82) is 0 Å². The summed E-state index contributed by atoms with van der Waals surface area (Å²) >= 11 is 0. The van der Waals surface area contributed by atoms with Crippen LogP contribution in [0.5, 0.6) is 0 Å². The number of benzene rings is 2. The van der Waals surface area contributed by atoms with Crippen molar-refractivity contribution in [2.75, 3.05) is 5.01 Å². The Morgan fingerprint density at radius 1 is 1.00 bits per heavy atom. The van der Waals surface area contributed by atoms with Gasteiger partial charge in [-0.3, -0.25) is 9.99 Å². The number of hydrazone groups is 1. The van der Waals surface area contributed by atoms with Crippen molar-refractivity contribution in [3.8, 4) is 0 Å². The first-order valence-corrected chi connectivity index (χ1v) is 8.48. The molecular weight excluding hydrogens is 345 g/mol. The van der Waals surface area contributed by atoms with E-state index in [4.69, 9.17) is 10.2 Å². The van der Waals surface area contributed by atoms with Gasteiger partial charge in [-0.1, -0.05) is 12.1 Å². The summed E-state index contributed by atoms with van der Waals surface area (Å²) in [6, 6.07) is 16.7. The van der Waals surface area contributed by atoms with E-state index < -0.39 is 5.97 Å². The van der Waals surface area contributed by atoms with Crippen LogP contribution in [0.4, 0.5) is 10.1 Å². The Bertz CT molecular complexity index is 986. The number of carbonyl (C=O) groups is 1. The predicted octanol–water partition coefficient (Wildman–Crippen LogP) is 4.27. The number of halogens is 1. The molecule has 134 valence electrons. The number of carboxylic acid groups (broad SMARTS) is 1. The van der Waals surface area contributed by atoms with Crippen LogP contribution in [0.1, 0.15) is 33.9 Å². The van der Waals surface area contributed by atoms with Gasteiger partial charge in [-0.05, 0) is 59.7 Å². The van der Waals surface area contributed by atoms with E-state index in [1.54, 1.807) is 48.8 Å². The molecule has 1 aliphatic rings. The molecule has 0 bridgehead atoms. The fourth-order valence-electron chi connectivity index (χ4n) is 3.17. The van der Waals surface area contributed by atoms with Crippen molar-refractivity contribution in [1.82, 2.24) is 4.98 Å². The molecular formula is C21H16FN3O2. The van der Waals surface area contributed by atoms with Crippen LogP contribution in [0.3, 0.4) is 0 Å². The monoisotopic (exact) mass is 361 g/mol. The van der Waals surface area contributed by atoms with Gasteiger partial charge in [-0.25, -0.2) is 9.18 Å². The lowest BCUT2D eigenvalue weighted by Crippen LogP contribution is -2.18. The number of aromatic carboxylic acids is 1. The Morgan fingerprint density at radius 3 is 2.30 bits per heavy atom. The number of hydrogen-bond donors (Lipinski definition) is 1. The van der Waals surface area contributed by atoms with Crippen molar-refractivity contribution in [2.45, 2.75) is 12.5 Å². The first-order valence-electron chi connectivity index (χ1n) is 8.48. The van der Waals surface area contributed by atoms with Crippen molar-refractivity contribution >= 4 is 17.4 Å². The van der Waals surface area contributed by atoms with Crippen LogP contribution < -0.4 is 5.01 Å². The average Bonchev–Trinajstić information content (AvgIpc) is 3.15. The Morgan fingerprint density at radius 2 is 1.67 bits per heavy atom. The van der Waals surface area contributed by atoms with Gasteiger partial charge in [0, 0.05) is 18.8 Å². The molecule has 1 aromatic heterocycles. The second kappa shape index (κ2) is 6.99. The minimum absolute atomic E-state index is 0.0521. The molecule has 0 saturated carbocycles. The summed E-state index contributed by atoms with van der Waals surface area (Å²) < 4.78 is 13.3. The summed E-state index contributed by atoms with van der Waals surface area (Å²) in [7, 11) is 0. The third-order valence-electron chi connectivity index (χ3n) is 4.56. The van der Waals surface area contributed by atoms with Crippen molar-refractivity contribution in [2.24, 2.45) is 5.10 Å². The van der Waals surface area contributed by atoms with E-state index in [9.17, 15) is 9.18 Å². The fourth-order valence-corrected chi connectivity index (χ4v) is 3.17. The van der Waals surface area contributed by atoms with Gasteiger partial charge in [-0.2, -0.15) is 5.10 Å². The molecule has 4 rings (SSSR count). The van der Waals surface area contributed by atoms with Crippen LogP contribution in [0.15, 0.2) is 78.2 Å². The minimum atomic E-state index is -0.968. The third kappa shape index (κ3) is 3.42. The smallest absolute Gasteiger partial charge is 0.335 e. The molecule has 3 aromatic rings. The Balaban J connectivity index is 1.73. The quantitative estimate of drug-likeness (QED) is 0.753. The molecule has 1 aliphatic heterocycles. The summed E-state index contributed by atoms with van der Waals surface area (Å²) in [6.45, 7) is 0.